The van der Waals surface area contributed by atoms with Crippen molar-refractivity contribution in [3.05, 3.63) is 18.1 Å². The lowest BCUT2D eigenvalue weighted by Crippen LogP contribution is -2.02. The van der Waals surface area contributed by atoms with Crippen molar-refractivity contribution in [2.45, 2.75) is 11.9 Å². The van der Waals surface area contributed by atoms with E-state index in [-0.39, 0.29) is 5.03 Å². The molecule has 1 heterocycles. The molecule has 1 rings (SSSR count). The zero-order chi connectivity index (χ0) is 8.48. The molecule has 1 aromatic rings. The Hall–Kier alpha value is -1.01. The zero-order valence-corrected chi connectivity index (χ0v) is 6.54. The van der Waals surface area contributed by atoms with Gasteiger partial charge >= 0.3 is 10.1 Å². The van der Waals surface area contributed by atoms with Gasteiger partial charge in [-0.2, -0.15) is 8.42 Å². The molecule has 0 amide bonds. The van der Waals surface area contributed by atoms with E-state index in [0.717, 1.165) is 6.07 Å². The molecular weight excluding hydrogens is 168 g/mol. The number of hydrogen-bond donors (Lipinski definition) is 1. The van der Waals surface area contributed by atoms with Crippen LogP contribution in [0.4, 0.5) is 0 Å². The highest BCUT2D eigenvalue weighted by atomic mass is 32.2. The van der Waals surface area contributed by atoms with Crippen LogP contribution in [0, 0.1) is 6.92 Å². The molecule has 0 aliphatic carbocycles. The van der Waals surface area contributed by atoms with Crippen LogP contribution in [0.25, 0.3) is 0 Å². The van der Waals surface area contributed by atoms with E-state index in [1.54, 1.807) is 0 Å². The Labute approximate surface area is 63.9 Å². The van der Waals surface area contributed by atoms with Crippen LogP contribution >= 0.6 is 0 Å². The third-order valence-electron chi connectivity index (χ3n) is 1.01. The van der Waals surface area contributed by atoms with Crippen molar-refractivity contribution in [3.63, 3.8) is 0 Å². The minimum absolute atomic E-state index is 0.306. The molecule has 0 atom stereocenters. The van der Waals surface area contributed by atoms with Crippen LogP contribution < -0.4 is 0 Å². The number of aryl methyl sites for hydroxylation is 1. The SMILES string of the molecule is Cc1nccc(S(=O)(=O)O)n1. The van der Waals surface area contributed by atoms with E-state index in [4.69, 9.17) is 4.55 Å². The number of hydrogen-bond acceptors (Lipinski definition) is 4. The molecule has 0 unspecified atom stereocenters. The van der Waals surface area contributed by atoms with Gasteiger partial charge in [0, 0.05) is 6.20 Å². The highest BCUT2D eigenvalue weighted by Gasteiger charge is 2.10. The molecule has 0 spiro atoms. The first kappa shape index (κ1) is 8.09. The largest absolute Gasteiger partial charge is 0.312 e. The van der Waals surface area contributed by atoms with Gasteiger partial charge in [-0.1, -0.05) is 0 Å². The molecule has 11 heavy (non-hydrogen) atoms. The lowest BCUT2D eigenvalue weighted by Gasteiger charge is -1.94. The van der Waals surface area contributed by atoms with Crippen molar-refractivity contribution in [1.29, 1.82) is 0 Å². The van der Waals surface area contributed by atoms with Crippen molar-refractivity contribution in [2.24, 2.45) is 0 Å². The summed E-state index contributed by atoms with van der Waals surface area (Å²) in [4.78, 5) is 7.16. The second kappa shape index (κ2) is 2.55. The Balaban J connectivity index is 3.28. The molecule has 5 nitrogen and oxygen atoms in total. The molecule has 0 saturated heterocycles. The van der Waals surface area contributed by atoms with Crippen LogP contribution in [0.15, 0.2) is 17.3 Å². The second-order valence-electron chi connectivity index (χ2n) is 1.92. The number of aromatic nitrogens is 2. The minimum Gasteiger partial charge on any atom is -0.281 e. The Morgan fingerprint density at radius 1 is 1.55 bits per heavy atom. The van der Waals surface area contributed by atoms with E-state index in [2.05, 4.69) is 9.97 Å². The number of nitrogens with zero attached hydrogens (tertiary/aromatic N) is 2. The van der Waals surface area contributed by atoms with Gasteiger partial charge in [0.25, 0.3) is 0 Å². The smallest absolute Gasteiger partial charge is 0.281 e. The Morgan fingerprint density at radius 2 is 2.18 bits per heavy atom. The normalized spacial score (nSPS) is 11.5. The molecule has 0 saturated carbocycles. The number of rotatable bonds is 1. The maximum absolute atomic E-state index is 10.5. The van der Waals surface area contributed by atoms with E-state index in [0.29, 0.717) is 5.82 Å². The molecule has 0 radical (unpaired) electrons. The summed E-state index contributed by atoms with van der Waals surface area (Å²) in [5.41, 5.74) is 0. The van der Waals surface area contributed by atoms with Crippen molar-refractivity contribution in [2.75, 3.05) is 0 Å². The first-order valence-corrected chi connectivity index (χ1v) is 4.21. The van der Waals surface area contributed by atoms with Crippen LogP contribution in [-0.2, 0) is 10.1 Å². The molecule has 1 aromatic heterocycles. The molecule has 1 N–H and O–H groups in total. The van der Waals surface area contributed by atoms with Crippen LogP contribution in [0.2, 0.25) is 0 Å². The van der Waals surface area contributed by atoms with Crippen LogP contribution in [0.5, 0.6) is 0 Å². The maximum atomic E-state index is 10.5. The van der Waals surface area contributed by atoms with Crippen molar-refractivity contribution in [3.8, 4) is 0 Å². The molecule has 0 aliphatic rings. The standard InChI is InChI=1S/C5H6N2O3S/c1-4-6-3-2-5(7-4)11(8,9)10/h2-3H,1H3,(H,8,9,10). The fourth-order valence-corrected chi connectivity index (χ4v) is 1.06. The van der Waals surface area contributed by atoms with Gasteiger partial charge in [0.1, 0.15) is 5.82 Å². The van der Waals surface area contributed by atoms with Crippen LogP contribution in [-0.4, -0.2) is 22.9 Å². The van der Waals surface area contributed by atoms with Gasteiger partial charge in [-0.25, -0.2) is 9.97 Å². The monoisotopic (exact) mass is 174 g/mol. The molecular formula is C5H6N2O3S. The van der Waals surface area contributed by atoms with Crippen LogP contribution in [0.3, 0.4) is 0 Å². The summed E-state index contributed by atoms with van der Waals surface area (Å²) in [6.07, 6.45) is 1.27. The van der Waals surface area contributed by atoms with Crippen molar-refractivity contribution >= 4 is 10.1 Å². The highest BCUT2D eigenvalue weighted by molar-refractivity contribution is 7.85. The van der Waals surface area contributed by atoms with E-state index in [1.807, 2.05) is 0 Å². The Bertz CT molecular complexity index is 360. The molecule has 0 bridgehead atoms. The fraction of sp³-hybridized carbons (Fsp3) is 0.200. The summed E-state index contributed by atoms with van der Waals surface area (Å²) in [7, 11) is -4.18. The first-order chi connectivity index (χ1) is 5.00. The van der Waals surface area contributed by atoms with E-state index < -0.39 is 10.1 Å². The van der Waals surface area contributed by atoms with Gasteiger partial charge in [0.15, 0.2) is 5.03 Å². The minimum atomic E-state index is -4.18. The van der Waals surface area contributed by atoms with Crippen molar-refractivity contribution < 1.29 is 13.0 Å². The third-order valence-corrected chi connectivity index (χ3v) is 1.77. The fourth-order valence-electron chi connectivity index (χ4n) is 0.578. The van der Waals surface area contributed by atoms with Gasteiger partial charge in [0.05, 0.1) is 0 Å². The summed E-state index contributed by atoms with van der Waals surface area (Å²) >= 11 is 0. The average molecular weight is 174 g/mol. The summed E-state index contributed by atoms with van der Waals surface area (Å²) in [5.74, 6) is 0.306. The predicted molar refractivity (Wildman–Crippen MR) is 36.6 cm³/mol. The van der Waals surface area contributed by atoms with Gasteiger partial charge in [0.2, 0.25) is 0 Å². The third kappa shape index (κ3) is 1.95. The van der Waals surface area contributed by atoms with Gasteiger partial charge in [-0.05, 0) is 13.0 Å². The van der Waals surface area contributed by atoms with E-state index in [9.17, 15) is 8.42 Å². The molecule has 6 heteroatoms. The molecule has 0 fully saturated rings. The zero-order valence-electron chi connectivity index (χ0n) is 5.72. The van der Waals surface area contributed by atoms with Crippen molar-refractivity contribution in [1.82, 2.24) is 9.97 Å². The summed E-state index contributed by atoms with van der Waals surface area (Å²) in [6.45, 7) is 1.54. The second-order valence-corrected chi connectivity index (χ2v) is 3.29. The average Bonchev–Trinajstić information content (AvgIpc) is 1.86. The first-order valence-electron chi connectivity index (χ1n) is 2.77. The van der Waals surface area contributed by atoms with E-state index in [1.165, 1.54) is 13.1 Å². The lowest BCUT2D eigenvalue weighted by atomic mass is 10.6. The highest BCUT2D eigenvalue weighted by Crippen LogP contribution is 2.01. The lowest BCUT2D eigenvalue weighted by molar-refractivity contribution is 0.478. The quantitative estimate of drug-likeness (QED) is 0.480. The molecule has 0 aromatic carbocycles. The molecule has 0 aliphatic heterocycles. The van der Waals surface area contributed by atoms with Gasteiger partial charge in [-0.3, -0.25) is 4.55 Å². The predicted octanol–water partition coefficient (Wildman–Crippen LogP) is 0.0317. The Kier molecular flexibility index (Phi) is 1.88. The van der Waals surface area contributed by atoms with Gasteiger partial charge in [-0.15, -0.1) is 0 Å². The van der Waals surface area contributed by atoms with E-state index >= 15 is 0 Å². The topological polar surface area (TPSA) is 80.2 Å². The maximum Gasteiger partial charge on any atom is 0.312 e. The summed E-state index contributed by atoms with van der Waals surface area (Å²) in [6, 6.07) is 1.13. The Morgan fingerprint density at radius 3 is 2.55 bits per heavy atom. The summed E-state index contributed by atoms with van der Waals surface area (Å²) < 4.78 is 29.4. The summed E-state index contributed by atoms with van der Waals surface area (Å²) in [5, 5.41) is -0.370. The van der Waals surface area contributed by atoms with Gasteiger partial charge < -0.3 is 0 Å². The molecule has 60 valence electrons. The van der Waals surface area contributed by atoms with Crippen LogP contribution in [0.1, 0.15) is 5.82 Å².